The molecular weight excluding hydrogens is 380 g/mol. The molecule has 2 aromatic carbocycles. The zero-order valence-corrected chi connectivity index (χ0v) is 16.9. The summed E-state index contributed by atoms with van der Waals surface area (Å²) in [4.78, 5) is 33.9. The summed E-state index contributed by atoms with van der Waals surface area (Å²) in [7, 11) is 0. The van der Waals surface area contributed by atoms with Crippen molar-refractivity contribution in [3.8, 4) is 11.8 Å². The van der Waals surface area contributed by atoms with Crippen LogP contribution in [0.1, 0.15) is 32.0 Å². The van der Waals surface area contributed by atoms with E-state index in [1.807, 2.05) is 37.3 Å². The molecule has 7 heteroatoms. The maximum absolute atomic E-state index is 12.8. The van der Waals surface area contributed by atoms with Gasteiger partial charge in [-0.25, -0.2) is 4.98 Å². The van der Waals surface area contributed by atoms with Gasteiger partial charge in [0.05, 0.1) is 30.0 Å². The highest BCUT2D eigenvalue weighted by atomic mass is 16.5. The molecule has 0 saturated carbocycles. The number of rotatable bonds is 9. The summed E-state index contributed by atoms with van der Waals surface area (Å²) >= 11 is 0. The molecule has 3 aromatic rings. The molecule has 154 valence electrons. The minimum Gasteiger partial charge on any atom is -0.494 e. The van der Waals surface area contributed by atoms with Crippen LogP contribution in [0.25, 0.3) is 10.9 Å². The average Bonchev–Trinajstić information content (AvgIpc) is 2.75. The van der Waals surface area contributed by atoms with Crippen LogP contribution in [0.2, 0.25) is 0 Å². The van der Waals surface area contributed by atoms with Gasteiger partial charge in [0, 0.05) is 25.1 Å². The third-order valence-electron chi connectivity index (χ3n) is 4.67. The lowest BCUT2D eigenvalue weighted by atomic mass is 10.1. The number of benzene rings is 2. The number of carbonyl (C=O) groups excluding carboxylic acids is 1. The molecule has 7 nitrogen and oxygen atoms in total. The average molecular weight is 404 g/mol. The second-order valence-corrected chi connectivity index (χ2v) is 6.76. The fourth-order valence-electron chi connectivity index (χ4n) is 3.24. The van der Waals surface area contributed by atoms with Crippen LogP contribution in [0, 0.1) is 11.3 Å². The van der Waals surface area contributed by atoms with Gasteiger partial charge in [-0.15, -0.1) is 0 Å². The highest BCUT2D eigenvalue weighted by Gasteiger charge is 2.16. The Morgan fingerprint density at radius 2 is 1.97 bits per heavy atom. The summed E-state index contributed by atoms with van der Waals surface area (Å²) in [6.45, 7) is 2.81. The van der Waals surface area contributed by atoms with E-state index in [0.717, 1.165) is 11.4 Å². The molecular formula is C23H24N4O3. The van der Waals surface area contributed by atoms with Crippen molar-refractivity contribution in [3.63, 3.8) is 0 Å². The van der Waals surface area contributed by atoms with Crippen molar-refractivity contribution in [1.82, 2.24) is 9.97 Å². The summed E-state index contributed by atoms with van der Waals surface area (Å²) in [6.07, 6.45) is 1.56. The van der Waals surface area contributed by atoms with Crippen LogP contribution in [0.3, 0.4) is 0 Å². The van der Waals surface area contributed by atoms with E-state index in [9.17, 15) is 9.59 Å². The van der Waals surface area contributed by atoms with Gasteiger partial charge < -0.3 is 14.6 Å². The second kappa shape index (κ2) is 10.2. The Morgan fingerprint density at radius 1 is 1.20 bits per heavy atom. The zero-order valence-electron chi connectivity index (χ0n) is 16.9. The van der Waals surface area contributed by atoms with Crippen LogP contribution in [0.4, 0.5) is 5.69 Å². The number of anilines is 1. The zero-order chi connectivity index (χ0) is 21.3. The Bertz CT molecular complexity index is 1100. The summed E-state index contributed by atoms with van der Waals surface area (Å²) in [5.74, 6) is 1.23. The number of ether oxygens (including phenoxy) is 1. The fourth-order valence-corrected chi connectivity index (χ4v) is 3.24. The smallest absolute Gasteiger partial charge is 0.258 e. The van der Waals surface area contributed by atoms with Gasteiger partial charge >= 0.3 is 0 Å². The van der Waals surface area contributed by atoms with Crippen LogP contribution >= 0.6 is 0 Å². The number of hydrogen-bond acceptors (Lipinski definition) is 5. The van der Waals surface area contributed by atoms with Gasteiger partial charge in [-0.2, -0.15) is 5.26 Å². The number of hydrogen-bond donors (Lipinski definition) is 1. The molecule has 1 heterocycles. The third-order valence-corrected chi connectivity index (χ3v) is 4.67. The molecule has 30 heavy (non-hydrogen) atoms. The molecule has 1 amide bonds. The number of nitrogens with one attached hydrogen (secondary N) is 1. The van der Waals surface area contributed by atoms with Gasteiger partial charge in [-0.05, 0) is 49.7 Å². The van der Waals surface area contributed by atoms with Gasteiger partial charge in [0.25, 0.3) is 5.56 Å². The molecule has 0 radical (unpaired) electrons. The van der Waals surface area contributed by atoms with Crippen molar-refractivity contribution < 1.29 is 9.53 Å². The summed E-state index contributed by atoms with van der Waals surface area (Å²) in [5.41, 5.74) is 1.20. The first-order chi connectivity index (χ1) is 14.6. The van der Waals surface area contributed by atoms with E-state index in [-0.39, 0.29) is 24.3 Å². The minimum atomic E-state index is -0.174. The number of H-pyrrole nitrogens is 1. The number of para-hydroxylation sites is 1. The Labute approximate surface area is 174 Å². The number of carbonyl (C=O) groups is 1. The van der Waals surface area contributed by atoms with Crippen LogP contribution in [-0.4, -0.2) is 29.0 Å². The molecule has 0 saturated heterocycles. The molecule has 0 atom stereocenters. The maximum atomic E-state index is 12.8. The normalized spacial score (nSPS) is 10.5. The third kappa shape index (κ3) is 5.23. The van der Waals surface area contributed by atoms with Crippen molar-refractivity contribution in [3.05, 3.63) is 64.7 Å². The Hall–Kier alpha value is -3.66. The van der Waals surface area contributed by atoms with Crippen molar-refractivity contribution in [2.24, 2.45) is 0 Å². The van der Waals surface area contributed by atoms with Gasteiger partial charge in [0.2, 0.25) is 5.91 Å². The molecule has 3 rings (SSSR count). The van der Waals surface area contributed by atoms with Crippen LogP contribution in [0.15, 0.2) is 53.3 Å². The van der Waals surface area contributed by atoms with Gasteiger partial charge in [-0.3, -0.25) is 9.59 Å². The van der Waals surface area contributed by atoms with E-state index in [4.69, 9.17) is 10.00 Å². The van der Waals surface area contributed by atoms with Gasteiger partial charge in [-0.1, -0.05) is 12.1 Å². The van der Waals surface area contributed by atoms with Gasteiger partial charge in [0.1, 0.15) is 11.6 Å². The minimum absolute atomic E-state index is 0.0717. The number of nitrogens with zero attached hydrogens (tertiary/aromatic N) is 3. The van der Waals surface area contributed by atoms with E-state index in [1.54, 1.807) is 23.1 Å². The standard InChI is InChI=1S/C23H24N4O3/c1-2-30-18-13-11-17(12-14-18)27(16-6-15-24)22(28)10-5-9-21-25-20-8-4-3-7-19(20)23(29)26-21/h3-4,7-8,11-14H,2,5-6,9-10,16H2,1H3,(H,25,26,29). The number of aryl methyl sites for hydroxylation is 1. The Kier molecular flexibility index (Phi) is 7.17. The molecule has 1 aromatic heterocycles. The fraction of sp³-hybridized carbons (Fsp3) is 0.304. The molecule has 1 N–H and O–H groups in total. The van der Waals surface area contributed by atoms with E-state index in [0.29, 0.717) is 42.7 Å². The number of amides is 1. The van der Waals surface area contributed by atoms with Crippen molar-refractivity contribution in [2.75, 3.05) is 18.1 Å². The monoisotopic (exact) mass is 404 g/mol. The number of aromatic nitrogens is 2. The SMILES string of the molecule is CCOc1ccc(N(CCC#N)C(=O)CCCc2nc3ccccc3c(=O)[nH]2)cc1. The van der Waals surface area contributed by atoms with E-state index >= 15 is 0 Å². The summed E-state index contributed by atoms with van der Waals surface area (Å²) in [6, 6.07) is 16.5. The van der Waals surface area contributed by atoms with Crippen LogP contribution in [-0.2, 0) is 11.2 Å². The lowest BCUT2D eigenvalue weighted by Gasteiger charge is -2.22. The second-order valence-electron chi connectivity index (χ2n) is 6.76. The quantitative estimate of drug-likeness (QED) is 0.587. The number of fused-ring (bicyclic) bond motifs is 1. The molecule has 0 aliphatic rings. The van der Waals surface area contributed by atoms with Crippen molar-refractivity contribution >= 4 is 22.5 Å². The molecule has 0 bridgehead atoms. The van der Waals surface area contributed by atoms with E-state index in [1.165, 1.54) is 0 Å². The van der Waals surface area contributed by atoms with Crippen molar-refractivity contribution in [2.45, 2.75) is 32.6 Å². The van der Waals surface area contributed by atoms with Crippen molar-refractivity contribution in [1.29, 1.82) is 5.26 Å². The lowest BCUT2D eigenvalue weighted by Crippen LogP contribution is -2.31. The predicted molar refractivity (Wildman–Crippen MR) is 115 cm³/mol. The van der Waals surface area contributed by atoms with E-state index < -0.39 is 0 Å². The molecule has 0 aliphatic carbocycles. The summed E-state index contributed by atoms with van der Waals surface area (Å²) in [5, 5.41) is 9.50. The first kappa shape index (κ1) is 21.1. The largest absolute Gasteiger partial charge is 0.494 e. The molecule has 0 spiro atoms. The molecule has 0 unspecified atom stereocenters. The Morgan fingerprint density at radius 3 is 2.70 bits per heavy atom. The number of nitriles is 1. The molecule has 0 aliphatic heterocycles. The first-order valence-electron chi connectivity index (χ1n) is 10.0. The first-order valence-corrected chi connectivity index (χ1v) is 10.0. The predicted octanol–water partition coefficient (Wildman–Crippen LogP) is 3.59. The summed E-state index contributed by atoms with van der Waals surface area (Å²) < 4.78 is 5.44. The van der Waals surface area contributed by atoms with E-state index in [2.05, 4.69) is 16.0 Å². The molecule has 0 fully saturated rings. The Balaban J connectivity index is 1.65. The highest BCUT2D eigenvalue weighted by Crippen LogP contribution is 2.21. The van der Waals surface area contributed by atoms with Crippen LogP contribution in [0.5, 0.6) is 5.75 Å². The highest BCUT2D eigenvalue weighted by molar-refractivity contribution is 5.93. The van der Waals surface area contributed by atoms with Gasteiger partial charge in [0.15, 0.2) is 0 Å². The lowest BCUT2D eigenvalue weighted by molar-refractivity contribution is -0.118. The number of aromatic amines is 1. The maximum Gasteiger partial charge on any atom is 0.258 e. The van der Waals surface area contributed by atoms with Crippen LogP contribution < -0.4 is 15.2 Å². The topological polar surface area (TPSA) is 99.1 Å².